The number of anilines is 1. The lowest BCUT2D eigenvalue weighted by Gasteiger charge is -1.98. The zero-order chi connectivity index (χ0) is 14.0. The molecule has 2 aromatic heterocycles. The third-order valence-electron chi connectivity index (χ3n) is 2.39. The summed E-state index contributed by atoms with van der Waals surface area (Å²) in [5.41, 5.74) is 0.870. The second kappa shape index (κ2) is 5.14. The Bertz CT molecular complexity index is 613. The molecule has 0 saturated heterocycles. The number of aryl methyl sites for hydroxylation is 2. The van der Waals surface area contributed by atoms with Gasteiger partial charge < -0.3 is 15.4 Å². The van der Waals surface area contributed by atoms with Crippen LogP contribution in [-0.2, 0) is 11.3 Å². The molecular formula is C10H11N5O3S. The first-order chi connectivity index (χ1) is 8.95. The summed E-state index contributed by atoms with van der Waals surface area (Å²) in [5, 5.41) is 17.2. The van der Waals surface area contributed by atoms with E-state index in [-0.39, 0.29) is 18.3 Å². The quantitative estimate of drug-likeness (QED) is 0.675. The lowest BCUT2D eigenvalue weighted by molar-refractivity contribution is -0.389. The first-order valence-electron chi connectivity index (χ1n) is 5.37. The molecule has 0 aliphatic heterocycles. The van der Waals surface area contributed by atoms with Crippen molar-refractivity contribution in [2.45, 2.75) is 20.4 Å². The molecule has 0 spiro atoms. The molecule has 2 rings (SSSR count). The molecular weight excluding hydrogens is 270 g/mol. The Morgan fingerprint density at radius 1 is 1.58 bits per heavy atom. The van der Waals surface area contributed by atoms with Crippen molar-refractivity contribution in [3.63, 3.8) is 0 Å². The van der Waals surface area contributed by atoms with Crippen LogP contribution in [0, 0.1) is 24.0 Å². The molecule has 0 aromatic carbocycles. The van der Waals surface area contributed by atoms with E-state index in [4.69, 9.17) is 0 Å². The van der Waals surface area contributed by atoms with Gasteiger partial charge in [-0.3, -0.25) is 4.79 Å². The van der Waals surface area contributed by atoms with Gasteiger partial charge in [0.1, 0.15) is 6.54 Å². The van der Waals surface area contributed by atoms with Crippen molar-refractivity contribution >= 4 is 28.2 Å². The lowest BCUT2D eigenvalue weighted by Crippen LogP contribution is -2.19. The fraction of sp³-hybridized carbons (Fsp3) is 0.300. The van der Waals surface area contributed by atoms with Crippen LogP contribution in [0.1, 0.15) is 10.6 Å². The highest BCUT2D eigenvalue weighted by molar-refractivity contribution is 7.15. The number of carbonyl (C=O) groups excluding carboxylic acids is 1. The number of hydrogen-bond donors (Lipinski definition) is 1. The molecule has 9 heteroatoms. The maximum atomic E-state index is 11.7. The Hall–Kier alpha value is -2.29. The van der Waals surface area contributed by atoms with Gasteiger partial charge in [-0.15, -0.1) is 11.3 Å². The van der Waals surface area contributed by atoms with Crippen LogP contribution in [0.5, 0.6) is 0 Å². The van der Waals surface area contributed by atoms with Crippen LogP contribution in [-0.4, -0.2) is 25.6 Å². The van der Waals surface area contributed by atoms with E-state index in [1.807, 2.05) is 13.8 Å². The molecule has 0 saturated carbocycles. The van der Waals surface area contributed by atoms with Crippen molar-refractivity contribution < 1.29 is 9.72 Å². The highest BCUT2D eigenvalue weighted by Crippen LogP contribution is 2.20. The minimum absolute atomic E-state index is 0.0918. The first-order valence-corrected chi connectivity index (χ1v) is 6.19. The van der Waals surface area contributed by atoms with Crippen LogP contribution in [0.15, 0.2) is 12.3 Å². The minimum Gasteiger partial charge on any atom is -0.358 e. The predicted molar refractivity (Wildman–Crippen MR) is 69.1 cm³/mol. The van der Waals surface area contributed by atoms with Crippen molar-refractivity contribution in [3.8, 4) is 0 Å². The van der Waals surface area contributed by atoms with Gasteiger partial charge in [-0.2, -0.15) is 4.68 Å². The number of aromatic nitrogens is 3. The number of thiazole rings is 1. The summed E-state index contributed by atoms with van der Waals surface area (Å²) in [6.07, 6.45) is 1.38. The van der Waals surface area contributed by atoms with E-state index in [1.54, 1.807) is 0 Å². The molecule has 1 amide bonds. The van der Waals surface area contributed by atoms with Gasteiger partial charge >= 0.3 is 5.82 Å². The average Bonchev–Trinajstić information content (AvgIpc) is 2.87. The summed E-state index contributed by atoms with van der Waals surface area (Å²) in [4.78, 5) is 26.8. The molecule has 0 bridgehead atoms. The van der Waals surface area contributed by atoms with Crippen LogP contribution in [0.3, 0.4) is 0 Å². The van der Waals surface area contributed by atoms with Crippen molar-refractivity contribution in [3.05, 3.63) is 32.9 Å². The van der Waals surface area contributed by atoms with Gasteiger partial charge in [0.2, 0.25) is 5.91 Å². The fourth-order valence-corrected chi connectivity index (χ4v) is 2.20. The van der Waals surface area contributed by atoms with E-state index in [0.717, 1.165) is 10.6 Å². The maximum Gasteiger partial charge on any atom is 0.389 e. The topological polar surface area (TPSA) is 103 Å². The van der Waals surface area contributed by atoms with Crippen molar-refractivity contribution in [2.24, 2.45) is 0 Å². The van der Waals surface area contributed by atoms with E-state index in [9.17, 15) is 14.9 Å². The predicted octanol–water partition coefficient (Wildman–Crippen LogP) is 1.50. The smallest absolute Gasteiger partial charge is 0.358 e. The SMILES string of the molecule is Cc1nc(NC(=O)Cn2ccc([N+](=O)[O-])n2)sc1C. The summed E-state index contributed by atoms with van der Waals surface area (Å²) >= 11 is 1.38. The van der Waals surface area contributed by atoms with Crippen molar-refractivity contribution in [1.82, 2.24) is 14.8 Å². The van der Waals surface area contributed by atoms with Crippen LogP contribution in [0.4, 0.5) is 10.9 Å². The van der Waals surface area contributed by atoms with E-state index < -0.39 is 4.92 Å². The van der Waals surface area contributed by atoms with Gasteiger partial charge in [-0.1, -0.05) is 0 Å². The molecule has 0 aliphatic rings. The number of nitrogens with one attached hydrogen (secondary N) is 1. The standard InChI is InChI=1S/C10H11N5O3S/c1-6-7(2)19-10(11-6)12-9(16)5-14-4-3-8(13-14)15(17)18/h3-4H,5H2,1-2H3,(H,11,12,16). The third-order valence-corrected chi connectivity index (χ3v) is 3.38. The fourth-order valence-electron chi connectivity index (χ4n) is 1.37. The number of nitro groups is 1. The molecule has 0 radical (unpaired) electrons. The van der Waals surface area contributed by atoms with Crippen LogP contribution < -0.4 is 5.32 Å². The molecule has 2 aromatic rings. The van der Waals surface area contributed by atoms with E-state index in [1.165, 1.54) is 28.3 Å². The summed E-state index contributed by atoms with van der Waals surface area (Å²) in [5.74, 6) is -0.611. The number of nitrogens with zero attached hydrogens (tertiary/aromatic N) is 4. The lowest BCUT2D eigenvalue weighted by atomic mass is 10.4. The molecule has 2 heterocycles. The number of hydrogen-bond acceptors (Lipinski definition) is 6. The Morgan fingerprint density at radius 3 is 2.84 bits per heavy atom. The second-order valence-electron chi connectivity index (χ2n) is 3.84. The van der Waals surface area contributed by atoms with E-state index >= 15 is 0 Å². The Labute approximate surface area is 112 Å². The number of amides is 1. The van der Waals surface area contributed by atoms with Crippen LogP contribution in [0.25, 0.3) is 0 Å². The van der Waals surface area contributed by atoms with Gasteiger partial charge in [-0.05, 0) is 18.8 Å². The monoisotopic (exact) mass is 281 g/mol. The maximum absolute atomic E-state index is 11.7. The van der Waals surface area contributed by atoms with Gasteiger partial charge in [0.25, 0.3) is 0 Å². The number of carbonyl (C=O) groups is 1. The Kier molecular flexibility index (Phi) is 3.56. The molecule has 0 fully saturated rings. The summed E-state index contributed by atoms with van der Waals surface area (Å²) in [7, 11) is 0. The zero-order valence-corrected chi connectivity index (χ0v) is 11.1. The van der Waals surface area contributed by atoms with Crippen molar-refractivity contribution in [1.29, 1.82) is 0 Å². The van der Waals surface area contributed by atoms with E-state index in [2.05, 4.69) is 15.4 Å². The average molecular weight is 281 g/mol. The summed E-state index contributed by atoms with van der Waals surface area (Å²) in [6, 6.07) is 1.24. The molecule has 8 nitrogen and oxygen atoms in total. The van der Waals surface area contributed by atoms with Crippen molar-refractivity contribution in [2.75, 3.05) is 5.32 Å². The molecule has 0 unspecified atom stereocenters. The largest absolute Gasteiger partial charge is 0.389 e. The van der Waals surface area contributed by atoms with Crippen LogP contribution >= 0.6 is 11.3 Å². The first kappa shape index (κ1) is 13.1. The second-order valence-corrected chi connectivity index (χ2v) is 5.04. The Morgan fingerprint density at radius 2 is 2.32 bits per heavy atom. The number of rotatable bonds is 4. The molecule has 0 aliphatic carbocycles. The van der Waals surface area contributed by atoms with Crippen LogP contribution in [0.2, 0.25) is 0 Å². The summed E-state index contributed by atoms with van der Waals surface area (Å²) < 4.78 is 1.21. The molecule has 19 heavy (non-hydrogen) atoms. The Balaban J connectivity index is 1.99. The van der Waals surface area contributed by atoms with Gasteiger partial charge in [0, 0.05) is 4.88 Å². The van der Waals surface area contributed by atoms with E-state index in [0.29, 0.717) is 5.13 Å². The molecule has 1 N–H and O–H groups in total. The summed E-state index contributed by atoms with van der Waals surface area (Å²) in [6.45, 7) is 3.68. The minimum atomic E-state index is -0.609. The van der Waals surface area contributed by atoms with Gasteiger partial charge in [-0.25, -0.2) is 4.98 Å². The highest BCUT2D eigenvalue weighted by atomic mass is 32.1. The normalized spacial score (nSPS) is 10.4. The van der Waals surface area contributed by atoms with Gasteiger partial charge in [0.05, 0.1) is 23.1 Å². The molecule has 100 valence electrons. The van der Waals surface area contributed by atoms with Gasteiger partial charge in [0.15, 0.2) is 5.13 Å². The highest BCUT2D eigenvalue weighted by Gasteiger charge is 2.14. The molecule has 0 atom stereocenters. The zero-order valence-electron chi connectivity index (χ0n) is 10.3. The third kappa shape index (κ3) is 3.13.